The van der Waals surface area contributed by atoms with Crippen molar-refractivity contribution in [3.63, 3.8) is 0 Å². The molecule has 2 rings (SSSR count). The Balaban J connectivity index is 1.84. The Kier molecular flexibility index (Phi) is 5.01. The van der Waals surface area contributed by atoms with E-state index in [0.717, 1.165) is 16.7 Å². The smallest absolute Gasteiger partial charge is 0.315 e. The van der Waals surface area contributed by atoms with Crippen molar-refractivity contribution in [3.8, 4) is 0 Å². The molecule has 1 aromatic heterocycles. The van der Waals surface area contributed by atoms with E-state index < -0.39 is 0 Å². The Hall–Kier alpha value is -2.01. The van der Waals surface area contributed by atoms with Gasteiger partial charge in [0, 0.05) is 31.5 Å². The summed E-state index contributed by atoms with van der Waals surface area (Å²) < 4.78 is 10.6. The highest BCUT2D eigenvalue weighted by Gasteiger charge is 2.10. The number of nitrogens with one attached hydrogen (secondary N) is 2. The molecule has 1 heterocycles. The van der Waals surface area contributed by atoms with Crippen molar-refractivity contribution in [2.24, 2.45) is 0 Å². The number of hydrogen-bond acceptors (Lipinski definition) is 3. The second-order valence-corrected chi connectivity index (χ2v) is 4.75. The summed E-state index contributed by atoms with van der Waals surface area (Å²) in [6.07, 6.45) is 0.659. The van der Waals surface area contributed by atoms with Gasteiger partial charge in [0.05, 0.1) is 6.61 Å². The number of ether oxygens (including phenoxy) is 1. The standard InChI is InChI=1S/C15H20N2O3/c1-11(17-15(18)16-7-8-19-2)9-13-10-12-5-3-4-6-14(12)20-13/h3-6,10-11H,7-9H2,1-2H3,(H2,16,17,18)/t11-/m0/s1. The minimum Gasteiger partial charge on any atom is -0.461 e. The number of hydrogen-bond donors (Lipinski definition) is 2. The summed E-state index contributed by atoms with van der Waals surface area (Å²) in [5, 5.41) is 6.67. The molecular formula is C15H20N2O3. The lowest BCUT2D eigenvalue weighted by Gasteiger charge is -2.13. The lowest BCUT2D eigenvalue weighted by molar-refractivity contribution is 0.195. The number of fused-ring (bicyclic) bond motifs is 1. The van der Waals surface area contributed by atoms with Crippen LogP contribution in [0, 0.1) is 0 Å². The van der Waals surface area contributed by atoms with Crippen LogP contribution in [0.2, 0.25) is 0 Å². The molecule has 0 aliphatic heterocycles. The van der Waals surface area contributed by atoms with Crippen LogP contribution in [-0.2, 0) is 11.2 Å². The summed E-state index contributed by atoms with van der Waals surface area (Å²) in [6, 6.07) is 9.69. The van der Waals surface area contributed by atoms with Crippen LogP contribution in [0.5, 0.6) is 0 Å². The average molecular weight is 276 g/mol. The molecule has 1 aromatic carbocycles. The summed E-state index contributed by atoms with van der Waals surface area (Å²) in [5.74, 6) is 0.871. The molecule has 0 aliphatic carbocycles. The van der Waals surface area contributed by atoms with Gasteiger partial charge in [-0.3, -0.25) is 0 Å². The van der Waals surface area contributed by atoms with Crippen molar-refractivity contribution in [1.29, 1.82) is 0 Å². The first-order valence-electron chi connectivity index (χ1n) is 6.70. The molecule has 108 valence electrons. The molecule has 0 bridgehead atoms. The predicted molar refractivity (Wildman–Crippen MR) is 77.8 cm³/mol. The summed E-state index contributed by atoms with van der Waals surface area (Å²) in [4.78, 5) is 11.6. The molecular weight excluding hydrogens is 256 g/mol. The highest BCUT2D eigenvalue weighted by atomic mass is 16.5. The van der Waals surface area contributed by atoms with Gasteiger partial charge in [-0.05, 0) is 19.1 Å². The zero-order chi connectivity index (χ0) is 14.4. The first kappa shape index (κ1) is 14.4. The van der Waals surface area contributed by atoms with E-state index in [2.05, 4.69) is 10.6 Å². The highest BCUT2D eigenvalue weighted by Crippen LogP contribution is 2.19. The molecule has 20 heavy (non-hydrogen) atoms. The van der Waals surface area contributed by atoms with Gasteiger partial charge in [0.2, 0.25) is 0 Å². The van der Waals surface area contributed by atoms with Crippen molar-refractivity contribution in [1.82, 2.24) is 10.6 Å². The zero-order valence-electron chi connectivity index (χ0n) is 11.8. The molecule has 2 aromatic rings. The van der Waals surface area contributed by atoms with Gasteiger partial charge in [-0.25, -0.2) is 4.79 Å². The molecule has 0 saturated heterocycles. The summed E-state index contributed by atoms with van der Waals surface area (Å²) in [6.45, 7) is 2.95. The largest absolute Gasteiger partial charge is 0.461 e. The van der Waals surface area contributed by atoms with Crippen molar-refractivity contribution in [2.45, 2.75) is 19.4 Å². The lowest BCUT2D eigenvalue weighted by Crippen LogP contribution is -2.42. The number of urea groups is 1. The molecule has 0 spiro atoms. The fraction of sp³-hybridized carbons (Fsp3) is 0.400. The van der Waals surface area contributed by atoms with Gasteiger partial charge in [-0.2, -0.15) is 0 Å². The number of furan rings is 1. The molecule has 5 heteroatoms. The maximum atomic E-state index is 11.6. The average Bonchev–Trinajstić information content (AvgIpc) is 2.80. The van der Waals surface area contributed by atoms with Crippen molar-refractivity contribution in [3.05, 3.63) is 36.1 Å². The lowest BCUT2D eigenvalue weighted by atomic mass is 10.2. The molecule has 1 atom stereocenters. The molecule has 0 aliphatic rings. The van der Waals surface area contributed by atoms with Crippen LogP contribution in [0.25, 0.3) is 11.0 Å². The fourth-order valence-electron chi connectivity index (χ4n) is 2.03. The second kappa shape index (κ2) is 6.96. The zero-order valence-corrected chi connectivity index (χ0v) is 11.8. The fourth-order valence-corrected chi connectivity index (χ4v) is 2.03. The quantitative estimate of drug-likeness (QED) is 0.796. The first-order chi connectivity index (χ1) is 9.69. The molecule has 0 saturated carbocycles. The van der Waals surface area contributed by atoms with Crippen molar-refractivity contribution < 1.29 is 13.9 Å². The van der Waals surface area contributed by atoms with E-state index in [-0.39, 0.29) is 12.1 Å². The number of carbonyl (C=O) groups is 1. The number of methoxy groups -OCH3 is 1. The molecule has 0 unspecified atom stereocenters. The Morgan fingerprint density at radius 2 is 2.20 bits per heavy atom. The van der Waals surface area contributed by atoms with Crippen LogP contribution in [0.4, 0.5) is 4.79 Å². The Labute approximate surface area is 118 Å². The van der Waals surface area contributed by atoms with Gasteiger partial charge in [-0.1, -0.05) is 18.2 Å². The Bertz CT molecular complexity index is 532. The molecule has 2 N–H and O–H groups in total. The van der Waals surface area contributed by atoms with Gasteiger partial charge in [0.1, 0.15) is 11.3 Å². The number of benzene rings is 1. The summed E-state index contributed by atoms with van der Waals surface area (Å²) in [7, 11) is 1.60. The second-order valence-electron chi connectivity index (χ2n) is 4.75. The van der Waals surface area contributed by atoms with Crippen LogP contribution in [-0.4, -0.2) is 32.3 Å². The van der Waals surface area contributed by atoms with Crippen LogP contribution < -0.4 is 10.6 Å². The van der Waals surface area contributed by atoms with E-state index in [9.17, 15) is 4.79 Å². The van der Waals surface area contributed by atoms with Crippen LogP contribution in [0.15, 0.2) is 34.7 Å². The van der Waals surface area contributed by atoms with Crippen molar-refractivity contribution in [2.75, 3.05) is 20.3 Å². The van der Waals surface area contributed by atoms with Gasteiger partial charge in [0.15, 0.2) is 0 Å². The molecule has 0 radical (unpaired) electrons. The molecule has 5 nitrogen and oxygen atoms in total. The monoisotopic (exact) mass is 276 g/mol. The van der Waals surface area contributed by atoms with Gasteiger partial charge >= 0.3 is 6.03 Å². The number of carbonyl (C=O) groups excluding carboxylic acids is 1. The van der Waals surface area contributed by atoms with Gasteiger partial charge in [0.25, 0.3) is 0 Å². The van der Waals surface area contributed by atoms with E-state index in [1.165, 1.54) is 0 Å². The SMILES string of the molecule is COCCNC(=O)N[C@@H](C)Cc1cc2ccccc2o1. The van der Waals surface area contributed by atoms with Crippen LogP contribution >= 0.6 is 0 Å². The van der Waals surface area contributed by atoms with E-state index in [4.69, 9.17) is 9.15 Å². The van der Waals surface area contributed by atoms with E-state index in [1.807, 2.05) is 37.3 Å². The van der Waals surface area contributed by atoms with Crippen molar-refractivity contribution >= 4 is 17.0 Å². The minimum atomic E-state index is -0.189. The van der Waals surface area contributed by atoms with E-state index in [1.54, 1.807) is 7.11 Å². The topological polar surface area (TPSA) is 63.5 Å². The molecule has 0 fully saturated rings. The van der Waals surface area contributed by atoms with Crippen LogP contribution in [0.1, 0.15) is 12.7 Å². The number of rotatable bonds is 6. The summed E-state index contributed by atoms with van der Waals surface area (Å²) in [5.41, 5.74) is 0.874. The maximum Gasteiger partial charge on any atom is 0.315 e. The maximum absolute atomic E-state index is 11.6. The van der Waals surface area contributed by atoms with E-state index >= 15 is 0 Å². The Morgan fingerprint density at radius 1 is 1.40 bits per heavy atom. The summed E-state index contributed by atoms with van der Waals surface area (Å²) >= 11 is 0. The predicted octanol–water partition coefficient (Wildman–Crippen LogP) is 2.31. The Morgan fingerprint density at radius 3 is 2.95 bits per heavy atom. The third-order valence-electron chi connectivity index (χ3n) is 2.95. The third kappa shape index (κ3) is 3.99. The molecule has 2 amide bonds. The normalized spacial score (nSPS) is 12.3. The van der Waals surface area contributed by atoms with Gasteiger partial charge in [-0.15, -0.1) is 0 Å². The van der Waals surface area contributed by atoms with Gasteiger partial charge < -0.3 is 19.8 Å². The van der Waals surface area contributed by atoms with E-state index in [0.29, 0.717) is 19.6 Å². The highest BCUT2D eigenvalue weighted by molar-refractivity contribution is 5.77. The number of para-hydroxylation sites is 1. The number of amides is 2. The third-order valence-corrected chi connectivity index (χ3v) is 2.95. The minimum absolute atomic E-state index is 0.00175. The van der Waals surface area contributed by atoms with Crippen LogP contribution in [0.3, 0.4) is 0 Å². The first-order valence-corrected chi connectivity index (χ1v) is 6.70.